The average Bonchev–Trinajstić information content (AvgIpc) is 2.71. The van der Waals surface area contributed by atoms with E-state index in [1.165, 1.54) is 22.3 Å². The summed E-state index contributed by atoms with van der Waals surface area (Å²) < 4.78 is 26.8. The normalized spacial score (nSPS) is 21.7. The number of fused-ring (bicyclic) bond motifs is 1. The minimum atomic E-state index is -0.746. The highest BCUT2D eigenvalue weighted by Gasteiger charge is 2.42. The maximum atomic E-state index is 13.4. The molecule has 1 N–H and O–H groups in total. The van der Waals surface area contributed by atoms with Crippen molar-refractivity contribution in [2.24, 2.45) is 5.92 Å². The van der Waals surface area contributed by atoms with Gasteiger partial charge in [-0.05, 0) is 46.7 Å². The number of benzene rings is 3. The summed E-state index contributed by atoms with van der Waals surface area (Å²) in [6, 6.07) is 19.9. The van der Waals surface area contributed by atoms with E-state index in [9.17, 15) is 13.6 Å². The molecule has 3 aromatic rings. The molecule has 140 valence electrons. The molecule has 0 spiro atoms. The van der Waals surface area contributed by atoms with Gasteiger partial charge < -0.3 is 5.32 Å². The number of halogens is 2. The molecule has 28 heavy (non-hydrogen) atoms. The monoisotopic (exact) mass is 375 g/mol. The van der Waals surface area contributed by atoms with Gasteiger partial charge in [0.25, 0.3) is 5.91 Å². The molecule has 2 nitrogen and oxygen atoms in total. The summed E-state index contributed by atoms with van der Waals surface area (Å²) in [5.41, 5.74) is 5.42. The van der Waals surface area contributed by atoms with Crippen molar-refractivity contribution in [3.05, 3.63) is 106 Å². The molecular weight excluding hydrogens is 356 g/mol. The van der Waals surface area contributed by atoms with Crippen molar-refractivity contribution in [2.75, 3.05) is 6.54 Å². The van der Waals surface area contributed by atoms with E-state index in [1.54, 1.807) is 0 Å². The van der Waals surface area contributed by atoms with Crippen LogP contribution in [-0.4, -0.2) is 12.5 Å². The van der Waals surface area contributed by atoms with E-state index >= 15 is 0 Å². The Balaban J connectivity index is 1.42. The van der Waals surface area contributed by atoms with Gasteiger partial charge in [0.1, 0.15) is 11.6 Å². The quantitative estimate of drug-likeness (QED) is 0.686. The Morgan fingerprint density at radius 1 is 0.857 bits per heavy atom. The SMILES string of the molecule is O=C(NCC1CC2c3ccccc3C1c1ccccc12)c1cc(F)cc(F)c1. The van der Waals surface area contributed by atoms with Gasteiger partial charge in [0.05, 0.1) is 0 Å². The number of hydrogen-bond acceptors (Lipinski definition) is 1. The first kappa shape index (κ1) is 17.1. The van der Waals surface area contributed by atoms with Crippen molar-refractivity contribution >= 4 is 5.91 Å². The van der Waals surface area contributed by atoms with Gasteiger partial charge in [-0.25, -0.2) is 8.78 Å². The number of amides is 1. The highest BCUT2D eigenvalue weighted by Crippen LogP contribution is 2.55. The number of hydrogen-bond donors (Lipinski definition) is 1. The van der Waals surface area contributed by atoms with E-state index < -0.39 is 17.5 Å². The first-order valence-corrected chi connectivity index (χ1v) is 9.54. The average molecular weight is 375 g/mol. The summed E-state index contributed by atoms with van der Waals surface area (Å²) in [6.45, 7) is 0.473. The van der Waals surface area contributed by atoms with Crippen molar-refractivity contribution in [1.82, 2.24) is 5.32 Å². The van der Waals surface area contributed by atoms with Gasteiger partial charge in [-0.2, -0.15) is 0 Å². The van der Waals surface area contributed by atoms with E-state index in [-0.39, 0.29) is 17.4 Å². The predicted octanol–water partition coefficient (Wildman–Crippen LogP) is 4.99. The third kappa shape index (κ3) is 2.71. The number of carbonyl (C=O) groups is 1. The molecule has 0 heterocycles. The Hall–Kier alpha value is -3.01. The molecule has 0 radical (unpaired) electrons. The molecule has 0 saturated carbocycles. The van der Waals surface area contributed by atoms with Gasteiger partial charge in [0.15, 0.2) is 0 Å². The molecule has 0 aliphatic heterocycles. The zero-order valence-corrected chi connectivity index (χ0v) is 15.2. The maximum Gasteiger partial charge on any atom is 0.251 e. The number of carbonyl (C=O) groups excluding carboxylic acids is 1. The van der Waals surface area contributed by atoms with Crippen LogP contribution in [0.1, 0.15) is 50.9 Å². The lowest BCUT2D eigenvalue weighted by Crippen LogP contribution is -2.39. The van der Waals surface area contributed by atoms with Crippen molar-refractivity contribution in [1.29, 1.82) is 0 Å². The molecule has 3 aromatic carbocycles. The van der Waals surface area contributed by atoms with Crippen LogP contribution < -0.4 is 5.32 Å². The summed E-state index contributed by atoms with van der Waals surface area (Å²) in [5.74, 6) is -1.14. The Morgan fingerprint density at radius 2 is 1.39 bits per heavy atom. The molecule has 1 unspecified atom stereocenters. The molecule has 0 aromatic heterocycles. The highest BCUT2D eigenvalue weighted by atomic mass is 19.1. The van der Waals surface area contributed by atoms with Gasteiger partial charge in [-0.1, -0.05) is 48.5 Å². The third-order valence-electron chi connectivity index (χ3n) is 6.07. The largest absolute Gasteiger partial charge is 0.352 e. The van der Waals surface area contributed by atoms with Crippen LogP contribution in [0.3, 0.4) is 0 Å². The molecule has 0 fully saturated rings. The topological polar surface area (TPSA) is 29.1 Å². The molecule has 3 aliphatic rings. The van der Waals surface area contributed by atoms with Gasteiger partial charge >= 0.3 is 0 Å². The minimum Gasteiger partial charge on any atom is -0.352 e. The van der Waals surface area contributed by atoms with E-state index in [1.807, 2.05) is 0 Å². The summed E-state index contributed by atoms with van der Waals surface area (Å²) in [6.07, 6.45) is 0.955. The van der Waals surface area contributed by atoms with Crippen molar-refractivity contribution in [3.63, 3.8) is 0 Å². The minimum absolute atomic E-state index is 0.0132. The Labute approximate surface area is 162 Å². The van der Waals surface area contributed by atoms with Crippen LogP contribution in [0.15, 0.2) is 66.7 Å². The lowest BCUT2D eigenvalue weighted by molar-refractivity contribution is 0.0942. The fourth-order valence-electron chi connectivity index (χ4n) is 4.97. The molecule has 0 saturated heterocycles. The van der Waals surface area contributed by atoms with Crippen molar-refractivity contribution < 1.29 is 13.6 Å². The summed E-state index contributed by atoms with van der Waals surface area (Å²) in [4.78, 5) is 12.4. The molecule has 1 amide bonds. The second-order valence-electron chi connectivity index (χ2n) is 7.65. The summed E-state index contributed by atoms with van der Waals surface area (Å²) in [7, 11) is 0. The van der Waals surface area contributed by atoms with Crippen LogP contribution in [0.5, 0.6) is 0 Å². The molecule has 6 rings (SSSR count). The second-order valence-corrected chi connectivity index (χ2v) is 7.65. The fourth-order valence-corrected chi connectivity index (χ4v) is 4.97. The lowest BCUT2D eigenvalue weighted by atomic mass is 9.59. The molecular formula is C24H19F2NO. The zero-order chi connectivity index (χ0) is 19.3. The van der Waals surface area contributed by atoms with Crippen LogP contribution in [-0.2, 0) is 0 Å². The molecule has 2 bridgehead atoms. The highest BCUT2D eigenvalue weighted by molar-refractivity contribution is 5.94. The molecule has 4 heteroatoms. The van der Waals surface area contributed by atoms with Crippen LogP contribution in [0.2, 0.25) is 0 Å². The van der Waals surface area contributed by atoms with Crippen LogP contribution >= 0.6 is 0 Å². The maximum absolute atomic E-state index is 13.4. The van der Waals surface area contributed by atoms with E-state index in [2.05, 4.69) is 53.8 Å². The predicted molar refractivity (Wildman–Crippen MR) is 103 cm³/mol. The first-order valence-electron chi connectivity index (χ1n) is 9.54. The van der Waals surface area contributed by atoms with Crippen LogP contribution in [0, 0.1) is 17.6 Å². The van der Waals surface area contributed by atoms with E-state index in [4.69, 9.17) is 0 Å². The molecule has 3 aliphatic carbocycles. The lowest BCUT2D eigenvalue weighted by Gasteiger charge is -2.45. The Morgan fingerprint density at radius 3 is 1.96 bits per heavy atom. The van der Waals surface area contributed by atoms with E-state index in [0.717, 1.165) is 24.6 Å². The smallest absolute Gasteiger partial charge is 0.251 e. The van der Waals surface area contributed by atoms with Crippen molar-refractivity contribution in [3.8, 4) is 0 Å². The van der Waals surface area contributed by atoms with Gasteiger partial charge in [0, 0.05) is 30.0 Å². The number of nitrogens with one attached hydrogen (secondary N) is 1. The fraction of sp³-hybridized carbons (Fsp3) is 0.208. The van der Waals surface area contributed by atoms with Crippen LogP contribution in [0.4, 0.5) is 8.78 Å². The second kappa shape index (κ2) is 6.55. The van der Waals surface area contributed by atoms with Gasteiger partial charge in [-0.3, -0.25) is 4.79 Å². The Bertz CT molecular complexity index is 1010. The zero-order valence-electron chi connectivity index (χ0n) is 15.2. The molecule has 1 atom stereocenters. The van der Waals surface area contributed by atoms with Gasteiger partial charge in [-0.15, -0.1) is 0 Å². The number of rotatable bonds is 3. The third-order valence-corrected chi connectivity index (χ3v) is 6.07. The van der Waals surface area contributed by atoms with Gasteiger partial charge in [0.2, 0.25) is 0 Å². The summed E-state index contributed by atoms with van der Waals surface area (Å²) in [5, 5.41) is 2.90. The standard InChI is InChI=1S/C24H19F2NO/c25-16-9-14(10-17(26)12-16)24(28)27-13-15-11-22-18-5-1-3-7-20(18)23(15)21-8-4-2-6-19(21)22/h1-10,12,15,22-23H,11,13H2,(H,27,28). The van der Waals surface area contributed by atoms with Crippen LogP contribution in [0.25, 0.3) is 0 Å². The van der Waals surface area contributed by atoms with Crippen molar-refractivity contribution in [2.45, 2.75) is 18.3 Å². The van der Waals surface area contributed by atoms with E-state index in [0.29, 0.717) is 12.5 Å². The summed E-state index contributed by atoms with van der Waals surface area (Å²) >= 11 is 0. The Kier molecular flexibility index (Phi) is 4.00. The first-order chi connectivity index (χ1) is 13.6.